The maximum Gasteiger partial charge on any atom is 0.330 e. The molecule has 0 bridgehead atoms. The third kappa shape index (κ3) is 5.46. The third-order valence-electron chi connectivity index (χ3n) is 3.22. The van der Waals surface area contributed by atoms with Gasteiger partial charge in [-0.1, -0.05) is 11.6 Å². The minimum atomic E-state index is -0.467. The van der Waals surface area contributed by atoms with Gasteiger partial charge in [0.1, 0.15) is 0 Å². The molecule has 2 aromatic rings. The van der Waals surface area contributed by atoms with Crippen molar-refractivity contribution < 1.29 is 19.1 Å². The average Bonchev–Trinajstić information content (AvgIpc) is 2.97. The van der Waals surface area contributed by atoms with E-state index in [4.69, 9.17) is 21.1 Å². The molecule has 0 saturated carbocycles. The maximum atomic E-state index is 11.8. The Labute approximate surface area is 151 Å². The molecule has 132 valence electrons. The van der Waals surface area contributed by atoms with E-state index in [1.54, 1.807) is 36.9 Å². The first-order valence-corrected chi connectivity index (χ1v) is 8.26. The van der Waals surface area contributed by atoms with Crippen molar-refractivity contribution in [3.05, 3.63) is 52.8 Å². The molecule has 0 spiro atoms. The molecule has 1 aromatic heterocycles. The molecule has 1 aromatic carbocycles. The molecule has 0 fully saturated rings. The van der Waals surface area contributed by atoms with Crippen LogP contribution in [-0.2, 0) is 25.5 Å². The highest BCUT2D eigenvalue weighted by atomic mass is 35.5. The monoisotopic (exact) mass is 362 g/mol. The van der Waals surface area contributed by atoms with E-state index in [9.17, 15) is 9.59 Å². The van der Waals surface area contributed by atoms with Crippen LogP contribution in [-0.4, -0.2) is 34.9 Å². The van der Waals surface area contributed by atoms with Crippen LogP contribution in [0.15, 0.2) is 36.5 Å². The topological polar surface area (TPSA) is 70.4 Å². The fourth-order valence-electron chi connectivity index (χ4n) is 2.13. The number of hydrogen-bond donors (Lipinski definition) is 0. The molecule has 0 aliphatic carbocycles. The van der Waals surface area contributed by atoms with E-state index in [1.165, 1.54) is 12.2 Å². The summed E-state index contributed by atoms with van der Waals surface area (Å²) in [5.74, 6) is -0.824. The third-order valence-corrected chi connectivity index (χ3v) is 3.47. The second-order valence-corrected chi connectivity index (χ2v) is 5.46. The predicted octanol–water partition coefficient (Wildman–Crippen LogP) is 3.21. The second-order valence-electron chi connectivity index (χ2n) is 5.03. The van der Waals surface area contributed by atoms with Crippen LogP contribution >= 0.6 is 11.6 Å². The molecule has 7 heteroatoms. The first kappa shape index (κ1) is 18.7. The highest BCUT2D eigenvalue weighted by Crippen LogP contribution is 2.17. The van der Waals surface area contributed by atoms with Gasteiger partial charge >= 0.3 is 11.9 Å². The zero-order chi connectivity index (χ0) is 18.2. The summed E-state index contributed by atoms with van der Waals surface area (Å²) in [6, 6.07) is 7.11. The van der Waals surface area contributed by atoms with Crippen LogP contribution in [0.5, 0.6) is 0 Å². The van der Waals surface area contributed by atoms with Gasteiger partial charge in [-0.25, -0.2) is 9.48 Å². The van der Waals surface area contributed by atoms with Crippen LogP contribution in [0, 0.1) is 0 Å². The van der Waals surface area contributed by atoms with Gasteiger partial charge in [0, 0.05) is 22.9 Å². The number of carbonyl (C=O) groups excluding carboxylic acids is 2. The van der Waals surface area contributed by atoms with Crippen molar-refractivity contribution >= 4 is 29.6 Å². The van der Waals surface area contributed by atoms with Crippen molar-refractivity contribution in [1.29, 1.82) is 0 Å². The predicted molar refractivity (Wildman–Crippen MR) is 94.6 cm³/mol. The molecule has 2 rings (SSSR count). The SMILES string of the molecule is CCOC(=O)/C=C/c1nn(-c2ccc(Cl)cc2)cc1CC(=O)OCC. The Hall–Kier alpha value is -2.60. The van der Waals surface area contributed by atoms with Crippen molar-refractivity contribution in [3.8, 4) is 5.69 Å². The maximum absolute atomic E-state index is 11.8. The molecule has 1 heterocycles. The zero-order valence-electron chi connectivity index (χ0n) is 14.1. The van der Waals surface area contributed by atoms with Crippen LogP contribution in [0.1, 0.15) is 25.1 Å². The van der Waals surface area contributed by atoms with Crippen molar-refractivity contribution in [2.75, 3.05) is 13.2 Å². The Morgan fingerprint density at radius 1 is 1.16 bits per heavy atom. The second kappa shape index (κ2) is 9.03. The van der Waals surface area contributed by atoms with Crippen LogP contribution in [0.25, 0.3) is 11.8 Å². The van der Waals surface area contributed by atoms with Gasteiger partial charge in [0.15, 0.2) is 0 Å². The highest BCUT2D eigenvalue weighted by molar-refractivity contribution is 6.30. The molecule has 0 N–H and O–H groups in total. The molecule has 0 radical (unpaired) electrons. The van der Waals surface area contributed by atoms with E-state index in [1.807, 2.05) is 12.1 Å². The van der Waals surface area contributed by atoms with Gasteiger partial charge in [0.05, 0.1) is 31.0 Å². The first-order valence-electron chi connectivity index (χ1n) is 7.88. The van der Waals surface area contributed by atoms with Crippen molar-refractivity contribution in [1.82, 2.24) is 9.78 Å². The summed E-state index contributed by atoms with van der Waals surface area (Å²) in [6.07, 6.45) is 4.60. The van der Waals surface area contributed by atoms with Gasteiger partial charge in [-0.3, -0.25) is 4.79 Å². The average molecular weight is 363 g/mol. The summed E-state index contributed by atoms with van der Waals surface area (Å²) < 4.78 is 11.5. The lowest BCUT2D eigenvalue weighted by Crippen LogP contribution is -2.07. The summed E-state index contributed by atoms with van der Waals surface area (Å²) in [7, 11) is 0. The quantitative estimate of drug-likeness (QED) is 0.558. The van der Waals surface area contributed by atoms with Crippen LogP contribution in [0.3, 0.4) is 0 Å². The van der Waals surface area contributed by atoms with E-state index in [0.29, 0.717) is 22.9 Å². The Morgan fingerprint density at radius 3 is 2.48 bits per heavy atom. The van der Waals surface area contributed by atoms with Crippen LogP contribution < -0.4 is 0 Å². The van der Waals surface area contributed by atoms with E-state index < -0.39 is 5.97 Å². The lowest BCUT2D eigenvalue weighted by Gasteiger charge is -2.00. The zero-order valence-corrected chi connectivity index (χ0v) is 14.8. The summed E-state index contributed by atoms with van der Waals surface area (Å²) in [6.45, 7) is 4.07. The van der Waals surface area contributed by atoms with Crippen LogP contribution in [0.2, 0.25) is 5.02 Å². The molecule has 6 nitrogen and oxygen atoms in total. The minimum absolute atomic E-state index is 0.0595. The van der Waals surface area contributed by atoms with Gasteiger partial charge in [0.25, 0.3) is 0 Å². The fraction of sp³-hybridized carbons (Fsp3) is 0.278. The molecule has 0 aliphatic heterocycles. The lowest BCUT2D eigenvalue weighted by atomic mass is 10.2. The van der Waals surface area contributed by atoms with E-state index in [0.717, 1.165) is 5.69 Å². The fourth-order valence-corrected chi connectivity index (χ4v) is 2.26. The van der Waals surface area contributed by atoms with Gasteiger partial charge in [-0.05, 0) is 44.2 Å². The number of halogens is 1. The molecule has 0 atom stereocenters. The smallest absolute Gasteiger partial charge is 0.330 e. The summed E-state index contributed by atoms with van der Waals surface area (Å²) in [4.78, 5) is 23.3. The Bertz CT molecular complexity index is 766. The van der Waals surface area contributed by atoms with E-state index in [2.05, 4.69) is 5.10 Å². The molecule has 0 unspecified atom stereocenters. The molecule has 0 saturated heterocycles. The normalized spacial score (nSPS) is 10.8. The summed E-state index contributed by atoms with van der Waals surface area (Å²) >= 11 is 5.90. The first-order chi connectivity index (χ1) is 12.0. The molecule has 0 aliphatic rings. The number of aromatic nitrogens is 2. The van der Waals surface area contributed by atoms with Gasteiger partial charge in [-0.15, -0.1) is 0 Å². The summed E-state index contributed by atoms with van der Waals surface area (Å²) in [5, 5.41) is 5.04. The number of hydrogen-bond acceptors (Lipinski definition) is 5. The van der Waals surface area contributed by atoms with Gasteiger partial charge < -0.3 is 9.47 Å². The lowest BCUT2D eigenvalue weighted by molar-refractivity contribution is -0.142. The van der Waals surface area contributed by atoms with E-state index >= 15 is 0 Å². The number of esters is 2. The number of carbonyl (C=O) groups is 2. The molecular weight excluding hydrogens is 344 g/mol. The van der Waals surface area contributed by atoms with Crippen LogP contribution in [0.4, 0.5) is 0 Å². The highest BCUT2D eigenvalue weighted by Gasteiger charge is 2.13. The van der Waals surface area contributed by atoms with Gasteiger partial charge in [-0.2, -0.15) is 5.10 Å². The molecule has 0 amide bonds. The molecular formula is C18H19ClN2O4. The van der Waals surface area contributed by atoms with Gasteiger partial charge in [0.2, 0.25) is 0 Å². The molecule has 25 heavy (non-hydrogen) atoms. The number of ether oxygens (including phenoxy) is 2. The van der Waals surface area contributed by atoms with Crippen molar-refractivity contribution in [3.63, 3.8) is 0 Å². The number of nitrogens with zero attached hydrogens (tertiary/aromatic N) is 2. The minimum Gasteiger partial charge on any atom is -0.466 e. The van der Waals surface area contributed by atoms with E-state index in [-0.39, 0.29) is 19.0 Å². The largest absolute Gasteiger partial charge is 0.466 e. The van der Waals surface area contributed by atoms with Crippen molar-refractivity contribution in [2.24, 2.45) is 0 Å². The standard InChI is InChI=1S/C18H19ClN2O4/c1-3-24-17(22)10-9-16-13(11-18(23)25-4-2)12-21(20-16)15-7-5-14(19)6-8-15/h5-10,12H,3-4,11H2,1-2H3/b10-9+. The van der Waals surface area contributed by atoms with Crippen molar-refractivity contribution in [2.45, 2.75) is 20.3 Å². The Morgan fingerprint density at radius 2 is 1.84 bits per heavy atom. The number of benzene rings is 1. The number of rotatable bonds is 7. The Kier molecular flexibility index (Phi) is 6.77. The Balaban J connectivity index is 2.31. The summed E-state index contributed by atoms with van der Waals surface area (Å²) in [5.41, 5.74) is 1.93.